The van der Waals surface area contributed by atoms with E-state index in [0.717, 1.165) is 37.0 Å². The maximum atomic E-state index is 12.4. The number of thioether (sulfide) groups is 1. The largest absolute Gasteiger partial charge is 0.352 e. The summed E-state index contributed by atoms with van der Waals surface area (Å²) in [4.78, 5) is 13.5. The van der Waals surface area contributed by atoms with Gasteiger partial charge in [0.15, 0.2) is 0 Å². The van der Waals surface area contributed by atoms with Gasteiger partial charge < -0.3 is 11.1 Å². The number of nitrogens with one attached hydrogen (secondary N) is 1. The average Bonchev–Trinajstić information content (AvgIpc) is 2.48. The van der Waals surface area contributed by atoms with Crippen LogP contribution < -0.4 is 11.1 Å². The zero-order valence-corrected chi connectivity index (χ0v) is 12.9. The standard InChI is InChI=1S/C16H24N2OS/c1-2-15(20-14-6-4-3-5-7-14)16(19)18-13-10-8-12(17)9-11-13/h3-7,12-13,15H,2,8-11,17H2,1H3,(H,18,19). The molecule has 0 aliphatic heterocycles. The molecule has 20 heavy (non-hydrogen) atoms. The minimum absolute atomic E-state index is 0.00648. The van der Waals surface area contributed by atoms with E-state index in [1.54, 1.807) is 11.8 Å². The third kappa shape index (κ3) is 4.53. The molecule has 0 aromatic heterocycles. The molecule has 0 spiro atoms. The summed E-state index contributed by atoms with van der Waals surface area (Å²) in [5.74, 6) is 0.168. The Morgan fingerprint density at radius 1 is 1.30 bits per heavy atom. The monoisotopic (exact) mass is 292 g/mol. The Morgan fingerprint density at radius 3 is 2.55 bits per heavy atom. The van der Waals surface area contributed by atoms with Crippen molar-refractivity contribution in [2.24, 2.45) is 5.73 Å². The van der Waals surface area contributed by atoms with Crippen LogP contribution in [0.5, 0.6) is 0 Å². The van der Waals surface area contributed by atoms with Crippen LogP contribution >= 0.6 is 11.8 Å². The molecule has 0 bridgehead atoms. The second-order valence-corrected chi connectivity index (χ2v) is 6.72. The van der Waals surface area contributed by atoms with Gasteiger partial charge in [0.2, 0.25) is 5.91 Å². The lowest BCUT2D eigenvalue weighted by Crippen LogP contribution is -2.43. The van der Waals surface area contributed by atoms with Gasteiger partial charge in [0.25, 0.3) is 0 Å². The van der Waals surface area contributed by atoms with Crippen molar-refractivity contribution in [2.45, 2.75) is 61.3 Å². The lowest BCUT2D eigenvalue weighted by atomic mass is 9.92. The first-order valence-electron chi connectivity index (χ1n) is 7.46. The quantitative estimate of drug-likeness (QED) is 0.820. The highest BCUT2D eigenvalue weighted by molar-refractivity contribution is 8.00. The predicted octanol–water partition coefficient (Wildman–Crippen LogP) is 2.94. The molecule has 1 saturated carbocycles. The molecule has 4 heteroatoms. The molecule has 1 fully saturated rings. The van der Waals surface area contributed by atoms with E-state index in [4.69, 9.17) is 5.73 Å². The molecular formula is C16H24N2OS. The normalized spacial score (nSPS) is 24.1. The third-order valence-electron chi connectivity index (χ3n) is 3.80. The van der Waals surface area contributed by atoms with Crippen LogP contribution in [-0.4, -0.2) is 23.2 Å². The van der Waals surface area contributed by atoms with E-state index in [1.165, 1.54) is 0 Å². The Kier molecular flexibility index (Phi) is 5.92. The van der Waals surface area contributed by atoms with Crippen LogP contribution in [0.4, 0.5) is 0 Å². The fourth-order valence-electron chi connectivity index (χ4n) is 2.54. The predicted molar refractivity (Wildman–Crippen MR) is 84.8 cm³/mol. The number of hydrogen-bond acceptors (Lipinski definition) is 3. The molecule has 0 radical (unpaired) electrons. The number of carbonyl (C=O) groups is 1. The Morgan fingerprint density at radius 2 is 1.95 bits per heavy atom. The van der Waals surface area contributed by atoms with Gasteiger partial charge in [0.1, 0.15) is 0 Å². The summed E-state index contributed by atoms with van der Waals surface area (Å²) in [5.41, 5.74) is 5.90. The van der Waals surface area contributed by atoms with Crippen LogP contribution in [0, 0.1) is 0 Å². The molecule has 110 valence electrons. The van der Waals surface area contributed by atoms with Gasteiger partial charge in [-0.05, 0) is 44.2 Å². The molecule has 1 unspecified atom stereocenters. The molecular weight excluding hydrogens is 268 g/mol. The van der Waals surface area contributed by atoms with E-state index >= 15 is 0 Å². The summed E-state index contributed by atoms with van der Waals surface area (Å²) in [6.45, 7) is 2.07. The van der Waals surface area contributed by atoms with E-state index < -0.39 is 0 Å². The lowest BCUT2D eigenvalue weighted by molar-refractivity contribution is -0.121. The Labute approximate surface area is 125 Å². The van der Waals surface area contributed by atoms with Crippen molar-refractivity contribution in [3.8, 4) is 0 Å². The first kappa shape index (κ1) is 15.4. The van der Waals surface area contributed by atoms with Gasteiger partial charge >= 0.3 is 0 Å². The van der Waals surface area contributed by atoms with Crippen molar-refractivity contribution >= 4 is 17.7 Å². The summed E-state index contributed by atoms with van der Waals surface area (Å²) < 4.78 is 0. The maximum absolute atomic E-state index is 12.4. The van der Waals surface area contributed by atoms with Crippen molar-refractivity contribution in [3.63, 3.8) is 0 Å². The van der Waals surface area contributed by atoms with Gasteiger partial charge in [-0.15, -0.1) is 11.8 Å². The van der Waals surface area contributed by atoms with Gasteiger partial charge in [-0.25, -0.2) is 0 Å². The van der Waals surface area contributed by atoms with Gasteiger partial charge in [-0.3, -0.25) is 4.79 Å². The molecule has 2 rings (SSSR count). The molecule has 3 nitrogen and oxygen atoms in total. The Bertz CT molecular complexity index is 416. The third-order valence-corrected chi connectivity index (χ3v) is 5.18. The Hall–Kier alpha value is -1.00. The number of benzene rings is 1. The van der Waals surface area contributed by atoms with E-state index in [2.05, 4.69) is 24.4 Å². The van der Waals surface area contributed by atoms with Crippen LogP contribution in [-0.2, 0) is 4.79 Å². The van der Waals surface area contributed by atoms with E-state index in [-0.39, 0.29) is 11.2 Å². The van der Waals surface area contributed by atoms with Crippen LogP contribution in [0.1, 0.15) is 39.0 Å². The zero-order valence-electron chi connectivity index (χ0n) is 12.0. The molecule has 0 heterocycles. The van der Waals surface area contributed by atoms with Gasteiger partial charge in [-0.2, -0.15) is 0 Å². The van der Waals surface area contributed by atoms with Crippen LogP contribution in [0.3, 0.4) is 0 Å². The molecule has 3 N–H and O–H groups in total. The fourth-order valence-corrected chi connectivity index (χ4v) is 3.53. The number of carbonyl (C=O) groups excluding carboxylic acids is 1. The minimum Gasteiger partial charge on any atom is -0.352 e. The summed E-state index contributed by atoms with van der Waals surface area (Å²) in [6.07, 6.45) is 4.91. The maximum Gasteiger partial charge on any atom is 0.233 e. The number of rotatable bonds is 5. The summed E-state index contributed by atoms with van der Waals surface area (Å²) in [5, 5.41) is 3.19. The number of hydrogen-bond donors (Lipinski definition) is 2. The number of nitrogens with two attached hydrogens (primary N) is 1. The summed E-state index contributed by atoms with van der Waals surface area (Å²) in [7, 11) is 0. The van der Waals surface area contributed by atoms with Crippen molar-refractivity contribution < 1.29 is 4.79 Å². The molecule has 1 aromatic rings. The number of amides is 1. The highest BCUT2D eigenvalue weighted by Gasteiger charge is 2.24. The summed E-state index contributed by atoms with van der Waals surface area (Å²) in [6, 6.07) is 10.8. The van der Waals surface area contributed by atoms with Crippen molar-refractivity contribution in [3.05, 3.63) is 30.3 Å². The van der Waals surface area contributed by atoms with Crippen molar-refractivity contribution in [2.75, 3.05) is 0 Å². The van der Waals surface area contributed by atoms with Crippen molar-refractivity contribution in [1.82, 2.24) is 5.32 Å². The Balaban J connectivity index is 1.86. The molecule has 1 aliphatic carbocycles. The van der Waals surface area contributed by atoms with E-state index in [0.29, 0.717) is 12.1 Å². The van der Waals surface area contributed by atoms with Crippen molar-refractivity contribution in [1.29, 1.82) is 0 Å². The minimum atomic E-state index is -0.00648. The average molecular weight is 292 g/mol. The molecule has 0 saturated heterocycles. The summed E-state index contributed by atoms with van der Waals surface area (Å²) >= 11 is 1.65. The smallest absolute Gasteiger partial charge is 0.233 e. The first-order chi connectivity index (χ1) is 9.69. The topological polar surface area (TPSA) is 55.1 Å². The second kappa shape index (κ2) is 7.70. The zero-order chi connectivity index (χ0) is 14.4. The SMILES string of the molecule is CCC(Sc1ccccc1)C(=O)NC1CCC(N)CC1. The fraction of sp³-hybridized carbons (Fsp3) is 0.562. The van der Waals surface area contributed by atoms with Gasteiger partial charge in [-0.1, -0.05) is 25.1 Å². The molecule has 1 aromatic carbocycles. The van der Waals surface area contributed by atoms with E-state index in [1.807, 2.05) is 18.2 Å². The highest BCUT2D eigenvalue weighted by atomic mass is 32.2. The van der Waals surface area contributed by atoms with Gasteiger partial charge in [0.05, 0.1) is 5.25 Å². The first-order valence-corrected chi connectivity index (χ1v) is 8.34. The van der Waals surface area contributed by atoms with E-state index in [9.17, 15) is 4.79 Å². The lowest BCUT2D eigenvalue weighted by Gasteiger charge is -2.28. The molecule has 1 atom stereocenters. The second-order valence-electron chi connectivity index (χ2n) is 5.45. The molecule has 1 amide bonds. The van der Waals surface area contributed by atoms with Crippen LogP contribution in [0.25, 0.3) is 0 Å². The highest BCUT2D eigenvalue weighted by Crippen LogP contribution is 2.26. The molecule has 1 aliphatic rings. The van der Waals surface area contributed by atoms with Crippen LogP contribution in [0.15, 0.2) is 35.2 Å². The van der Waals surface area contributed by atoms with Crippen LogP contribution in [0.2, 0.25) is 0 Å². The van der Waals surface area contributed by atoms with Gasteiger partial charge in [0, 0.05) is 17.0 Å².